The summed E-state index contributed by atoms with van der Waals surface area (Å²) in [6, 6.07) is 15.5. The van der Waals surface area contributed by atoms with E-state index in [1.54, 1.807) is 4.90 Å². The minimum Gasteiger partial charge on any atom is -0.352 e. The van der Waals surface area contributed by atoms with E-state index in [1.807, 2.05) is 55.5 Å². The number of anilines is 1. The topological polar surface area (TPSA) is 78.5 Å². The molecule has 2 aliphatic rings. The number of nitrogens with one attached hydrogen (secondary N) is 2. The Hall–Kier alpha value is -2.80. The number of amides is 3. The van der Waals surface area contributed by atoms with Gasteiger partial charge in [0.2, 0.25) is 17.7 Å². The molecule has 7 heteroatoms. The first-order valence-electron chi connectivity index (χ1n) is 10.2. The van der Waals surface area contributed by atoms with Gasteiger partial charge in [-0.05, 0) is 37.5 Å². The standard InChI is InChI=1S/C23H25N3O3S/c1-15-6-4-7-16(12-15)13-24-21(27)17-8-5-11-26(14-17)23(29)20-22(28)25-18-9-2-3-10-19(18)30-20/h2-4,6-7,9-10,12,17,20H,5,8,11,13-14H2,1H3,(H,24,27)(H,25,28)/t17-,20-/m0/s1. The molecule has 0 bridgehead atoms. The first-order chi connectivity index (χ1) is 14.5. The number of nitrogens with zero attached hydrogens (tertiary/aromatic N) is 1. The lowest BCUT2D eigenvalue weighted by molar-refractivity contribution is -0.137. The number of hydrogen-bond donors (Lipinski definition) is 2. The highest BCUT2D eigenvalue weighted by molar-refractivity contribution is 8.01. The average Bonchev–Trinajstić information content (AvgIpc) is 2.76. The molecular formula is C23H25N3O3S. The van der Waals surface area contributed by atoms with Crippen LogP contribution >= 0.6 is 11.8 Å². The van der Waals surface area contributed by atoms with Crippen molar-refractivity contribution >= 4 is 35.2 Å². The SMILES string of the molecule is Cc1cccc(CNC(=O)[C@H]2CCCN(C(=O)[C@H]3Sc4ccccc4NC3=O)C2)c1. The summed E-state index contributed by atoms with van der Waals surface area (Å²) in [4.78, 5) is 40.8. The van der Waals surface area contributed by atoms with Crippen LogP contribution in [0.5, 0.6) is 0 Å². The van der Waals surface area contributed by atoms with Gasteiger partial charge in [-0.2, -0.15) is 0 Å². The summed E-state index contributed by atoms with van der Waals surface area (Å²) in [6.45, 7) is 3.42. The predicted molar refractivity (Wildman–Crippen MR) is 117 cm³/mol. The Morgan fingerprint density at radius 2 is 2.03 bits per heavy atom. The number of fused-ring (bicyclic) bond motifs is 1. The van der Waals surface area contributed by atoms with Crippen LogP contribution in [0.3, 0.4) is 0 Å². The fraction of sp³-hybridized carbons (Fsp3) is 0.348. The smallest absolute Gasteiger partial charge is 0.247 e. The fourth-order valence-electron chi connectivity index (χ4n) is 3.93. The van der Waals surface area contributed by atoms with Gasteiger partial charge < -0.3 is 15.5 Å². The summed E-state index contributed by atoms with van der Waals surface area (Å²) in [5.74, 6) is -0.811. The molecule has 2 heterocycles. The number of rotatable bonds is 4. The maximum Gasteiger partial charge on any atom is 0.247 e. The van der Waals surface area contributed by atoms with Crippen LogP contribution in [0.4, 0.5) is 5.69 Å². The summed E-state index contributed by atoms with van der Waals surface area (Å²) in [5, 5.41) is 5.00. The Labute approximate surface area is 180 Å². The number of benzene rings is 2. The first kappa shape index (κ1) is 20.5. The van der Waals surface area contributed by atoms with E-state index in [-0.39, 0.29) is 23.6 Å². The number of thioether (sulfide) groups is 1. The molecule has 4 rings (SSSR count). The molecule has 1 saturated heterocycles. The highest BCUT2D eigenvalue weighted by Gasteiger charge is 2.38. The number of hydrogen-bond acceptors (Lipinski definition) is 4. The first-order valence-corrected chi connectivity index (χ1v) is 11.1. The Morgan fingerprint density at radius 1 is 1.20 bits per heavy atom. The molecule has 2 aromatic rings. The van der Waals surface area contributed by atoms with Crippen molar-refractivity contribution in [2.75, 3.05) is 18.4 Å². The number of aryl methyl sites for hydroxylation is 1. The average molecular weight is 424 g/mol. The Morgan fingerprint density at radius 3 is 2.87 bits per heavy atom. The molecule has 0 radical (unpaired) electrons. The molecule has 2 atom stereocenters. The maximum absolute atomic E-state index is 13.1. The van der Waals surface area contributed by atoms with Crippen LogP contribution in [-0.4, -0.2) is 41.0 Å². The molecule has 1 fully saturated rings. The van der Waals surface area contributed by atoms with Gasteiger partial charge in [-0.25, -0.2) is 0 Å². The third-order valence-corrected chi connectivity index (χ3v) is 6.77. The van der Waals surface area contributed by atoms with Crippen molar-refractivity contribution in [3.63, 3.8) is 0 Å². The third-order valence-electron chi connectivity index (χ3n) is 5.51. The van der Waals surface area contributed by atoms with Gasteiger partial charge in [-0.15, -0.1) is 11.8 Å². The third kappa shape index (κ3) is 4.51. The Kier molecular flexibility index (Phi) is 6.08. The second-order valence-corrected chi connectivity index (χ2v) is 8.96. The van der Waals surface area contributed by atoms with Crippen molar-refractivity contribution in [1.82, 2.24) is 10.2 Å². The van der Waals surface area contributed by atoms with Gasteiger partial charge in [0, 0.05) is 24.5 Å². The quantitative estimate of drug-likeness (QED) is 0.741. The van der Waals surface area contributed by atoms with Crippen molar-refractivity contribution in [1.29, 1.82) is 0 Å². The van der Waals surface area contributed by atoms with Gasteiger partial charge in [-0.3, -0.25) is 14.4 Å². The van der Waals surface area contributed by atoms with Gasteiger partial charge >= 0.3 is 0 Å². The lowest BCUT2D eigenvalue weighted by Gasteiger charge is -2.35. The van der Waals surface area contributed by atoms with E-state index in [2.05, 4.69) is 10.6 Å². The molecule has 0 unspecified atom stereocenters. The van der Waals surface area contributed by atoms with E-state index >= 15 is 0 Å². The number of carbonyl (C=O) groups excluding carboxylic acids is 3. The lowest BCUT2D eigenvalue weighted by Crippen LogP contribution is -2.50. The molecule has 30 heavy (non-hydrogen) atoms. The molecule has 0 spiro atoms. The van der Waals surface area contributed by atoms with Crippen molar-refractivity contribution in [2.24, 2.45) is 5.92 Å². The van der Waals surface area contributed by atoms with E-state index in [0.717, 1.165) is 34.6 Å². The summed E-state index contributed by atoms with van der Waals surface area (Å²) in [5.41, 5.74) is 2.95. The molecule has 2 aromatic carbocycles. The maximum atomic E-state index is 13.1. The van der Waals surface area contributed by atoms with Gasteiger partial charge in [0.05, 0.1) is 11.6 Å². The molecule has 3 amide bonds. The Bertz CT molecular complexity index is 978. The molecule has 156 valence electrons. The highest BCUT2D eigenvalue weighted by Crippen LogP contribution is 2.36. The Balaban J connectivity index is 1.37. The number of carbonyl (C=O) groups is 3. The predicted octanol–water partition coefficient (Wildman–Crippen LogP) is 2.96. The molecule has 6 nitrogen and oxygen atoms in total. The largest absolute Gasteiger partial charge is 0.352 e. The highest BCUT2D eigenvalue weighted by atomic mass is 32.2. The zero-order valence-electron chi connectivity index (χ0n) is 16.9. The summed E-state index contributed by atoms with van der Waals surface area (Å²) >= 11 is 1.28. The number of piperidine rings is 1. The van der Waals surface area contributed by atoms with Gasteiger partial charge in [0.25, 0.3) is 0 Å². The second-order valence-electron chi connectivity index (χ2n) is 7.81. The molecule has 2 N–H and O–H groups in total. The van der Waals surface area contributed by atoms with Crippen LogP contribution in [0.25, 0.3) is 0 Å². The molecule has 2 aliphatic heterocycles. The van der Waals surface area contributed by atoms with Crippen molar-refractivity contribution < 1.29 is 14.4 Å². The van der Waals surface area contributed by atoms with Crippen LogP contribution in [0, 0.1) is 12.8 Å². The number of para-hydroxylation sites is 1. The van der Waals surface area contributed by atoms with E-state index < -0.39 is 5.25 Å². The van der Waals surface area contributed by atoms with E-state index in [0.29, 0.717) is 19.6 Å². The zero-order chi connectivity index (χ0) is 21.1. The van der Waals surface area contributed by atoms with Crippen molar-refractivity contribution in [3.05, 3.63) is 59.7 Å². The van der Waals surface area contributed by atoms with Gasteiger partial charge in [0.15, 0.2) is 5.25 Å². The van der Waals surface area contributed by atoms with E-state index in [1.165, 1.54) is 11.8 Å². The lowest BCUT2D eigenvalue weighted by atomic mass is 9.96. The van der Waals surface area contributed by atoms with Crippen LogP contribution in [-0.2, 0) is 20.9 Å². The molecule has 0 aromatic heterocycles. The van der Waals surface area contributed by atoms with E-state index in [9.17, 15) is 14.4 Å². The summed E-state index contributed by atoms with van der Waals surface area (Å²) in [6.07, 6.45) is 1.50. The normalized spacial score (nSPS) is 20.8. The molecular weight excluding hydrogens is 398 g/mol. The fourth-order valence-corrected chi connectivity index (χ4v) is 5.00. The minimum absolute atomic E-state index is 0.0416. The molecule has 0 aliphatic carbocycles. The van der Waals surface area contributed by atoms with Crippen LogP contribution in [0.2, 0.25) is 0 Å². The van der Waals surface area contributed by atoms with Crippen LogP contribution in [0.1, 0.15) is 24.0 Å². The second kappa shape index (κ2) is 8.92. The summed E-state index contributed by atoms with van der Waals surface area (Å²) in [7, 11) is 0. The number of likely N-dealkylation sites (tertiary alicyclic amines) is 1. The van der Waals surface area contributed by atoms with Gasteiger partial charge in [0.1, 0.15) is 0 Å². The zero-order valence-corrected chi connectivity index (χ0v) is 17.7. The monoisotopic (exact) mass is 423 g/mol. The van der Waals surface area contributed by atoms with Crippen molar-refractivity contribution in [3.8, 4) is 0 Å². The summed E-state index contributed by atoms with van der Waals surface area (Å²) < 4.78 is 0. The van der Waals surface area contributed by atoms with Crippen LogP contribution < -0.4 is 10.6 Å². The minimum atomic E-state index is -0.811. The van der Waals surface area contributed by atoms with Crippen LogP contribution in [0.15, 0.2) is 53.4 Å². The van der Waals surface area contributed by atoms with Crippen molar-refractivity contribution in [2.45, 2.75) is 36.5 Å². The molecule has 0 saturated carbocycles. The van der Waals surface area contributed by atoms with E-state index in [4.69, 9.17) is 0 Å². The van der Waals surface area contributed by atoms with Gasteiger partial charge in [-0.1, -0.05) is 42.0 Å².